The number of hydrogen-bond donors (Lipinski definition) is 1. The molecule has 4 unspecified atom stereocenters. The average molecular weight is 252 g/mol. The Bertz CT molecular complexity index is 378. The van der Waals surface area contributed by atoms with Crippen molar-refractivity contribution < 1.29 is 9.84 Å². The Kier molecular flexibility index (Phi) is 4.40. The fourth-order valence-electron chi connectivity index (χ4n) is 2.42. The smallest absolute Gasteiger partial charge is 0.0650 e. The van der Waals surface area contributed by atoms with Crippen molar-refractivity contribution in [2.45, 2.75) is 58.3 Å². The zero-order chi connectivity index (χ0) is 13.1. The Hall–Kier alpha value is -0.870. The van der Waals surface area contributed by atoms with Crippen LogP contribution in [0.3, 0.4) is 0 Å². The normalized spacial score (nSPS) is 27.3. The van der Waals surface area contributed by atoms with Crippen LogP contribution in [0, 0.1) is 5.92 Å². The molecule has 0 aromatic carbocycles. The Balaban J connectivity index is 1.91. The third kappa shape index (κ3) is 3.12. The second-order valence-electron chi connectivity index (χ2n) is 5.46. The van der Waals surface area contributed by atoms with Crippen molar-refractivity contribution in [3.05, 3.63) is 18.0 Å². The van der Waals surface area contributed by atoms with Crippen LogP contribution in [-0.4, -0.2) is 33.7 Å². The van der Waals surface area contributed by atoms with E-state index in [0.29, 0.717) is 19.1 Å². The van der Waals surface area contributed by atoms with E-state index in [9.17, 15) is 5.11 Å². The molecule has 2 heterocycles. The summed E-state index contributed by atoms with van der Waals surface area (Å²) in [6, 6.07) is 2.43. The Morgan fingerprint density at radius 2 is 2.39 bits per heavy atom. The zero-order valence-corrected chi connectivity index (χ0v) is 11.5. The highest BCUT2D eigenvalue weighted by Crippen LogP contribution is 2.24. The Morgan fingerprint density at radius 1 is 1.61 bits per heavy atom. The number of aromatic nitrogens is 2. The zero-order valence-electron chi connectivity index (χ0n) is 11.5. The first kappa shape index (κ1) is 13.6. The van der Waals surface area contributed by atoms with Gasteiger partial charge in [-0.05, 0) is 32.8 Å². The Morgan fingerprint density at radius 3 is 3.00 bits per heavy atom. The minimum absolute atomic E-state index is 0.258. The van der Waals surface area contributed by atoms with Crippen LogP contribution < -0.4 is 0 Å². The molecule has 0 spiro atoms. The van der Waals surface area contributed by atoms with Crippen LogP contribution in [-0.2, 0) is 11.2 Å². The summed E-state index contributed by atoms with van der Waals surface area (Å²) in [6.07, 6.45) is 4.59. The van der Waals surface area contributed by atoms with Crippen LogP contribution in [0.5, 0.6) is 0 Å². The van der Waals surface area contributed by atoms with E-state index in [2.05, 4.69) is 25.9 Å². The van der Waals surface area contributed by atoms with Crippen molar-refractivity contribution >= 4 is 0 Å². The molecule has 1 aromatic rings. The predicted molar refractivity (Wildman–Crippen MR) is 70.5 cm³/mol. The van der Waals surface area contributed by atoms with E-state index in [4.69, 9.17) is 4.74 Å². The molecule has 1 aromatic heterocycles. The fourth-order valence-corrected chi connectivity index (χ4v) is 2.42. The van der Waals surface area contributed by atoms with Gasteiger partial charge in [0.1, 0.15) is 0 Å². The van der Waals surface area contributed by atoms with E-state index in [1.54, 1.807) is 0 Å². The van der Waals surface area contributed by atoms with Gasteiger partial charge in [0, 0.05) is 24.6 Å². The lowest BCUT2D eigenvalue weighted by molar-refractivity contribution is 0.0800. The fraction of sp³-hybridized carbons (Fsp3) is 0.786. The molecule has 0 saturated carbocycles. The molecule has 4 atom stereocenters. The van der Waals surface area contributed by atoms with Crippen LogP contribution in [0.25, 0.3) is 0 Å². The molecule has 1 fully saturated rings. The highest BCUT2D eigenvalue weighted by Gasteiger charge is 2.28. The number of nitrogens with zero attached hydrogens (tertiary/aromatic N) is 2. The number of aliphatic hydroxyl groups is 1. The lowest BCUT2D eigenvalue weighted by Crippen LogP contribution is -2.23. The van der Waals surface area contributed by atoms with Gasteiger partial charge < -0.3 is 9.84 Å². The van der Waals surface area contributed by atoms with Crippen LogP contribution in [0.1, 0.15) is 45.3 Å². The summed E-state index contributed by atoms with van der Waals surface area (Å²) in [5.74, 6) is 0.258. The summed E-state index contributed by atoms with van der Waals surface area (Å²) in [5, 5.41) is 14.7. The van der Waals surface area contributed by atoms with Gasteiger partial charge in [0.05, 0.1) is 24.5 Å². The van der Waals surface area contributed by atoms with E-state index >= 15 is 0 Å². The highest BCUT2D eigenvalue weighted by molar-refractivity contribution is 5.02. The van der Waals surface area contributed by atoms with Gasteiger partial charge in [0.25, 0.3) is 0 Å². The molecule has 0 radical (unpaired) electrons. The molecule has 18 heavy (non-hydrogen) atoms. The number of rotatable bonds is 5. The van der Waals surface area contributed by atoms with E-state index in [1.165, 1.54) is 0 Å². The minimum Gasteiger partial charge on any atom is -0.392 e. The quantitative estimate of drug-likeness (QED) is 0.873. The number of ether oxygens (including phenoxy) is 1. The summed E-state index contributed by atoms with van der Waals surface area (Å²) in [5.41, 5.74) is 0.974. The van der Waals surface area contributed by atoms with Crippen LogP contribution in [0.4, 0.5) is 0 Å². The van der Waals surface area contributed by atoms with Gasteiger partial charge >= 0.3 is 0 Å². The predicted octanol–water partition coefficient (Wildman–Crippen LogP) is 2.18. The Labute approximate surface area is 109 Å². The first-order chi connectivity index (χ1) is 8.60. The molecule has 4 nitrogen and oxygen atoms in total. The standard InChI is InChI=1S/C14H24N2O2/c1-4-10(2)16-6-5-13(15-16)8-14(17)12-7-11(3)18-9-12/h5-6,10-12,14,17H,4,7-9H2,1-3H3. The number of hydrogen-bond acceptors (Lipinski definition) is 3. The molecule has 1 N–H and O–H groups in total. The number of aliphatic hydroxyl groups excluding tert-OH is 1. The van der Waals surface area contributed by atoms with E-state index in [1.807, 2.05) is 16.9 Å². The molecule has 1 aliphatic rings. The summed E-state index contributed by atoms with van der Waals surface area (Å²) in [6.45, 7) is 7.04. The largest absolute Gasteiger partial charge is 0.392 e. The molecule has 1 saturated heterocycles. The summed E-state index contributed by atoms with van der Waals surface area (Å²) >= 11 is 0. The average Bonchev–Trinajstić information content (AvgIpc) is 2.97. The molecule has 0 bridgehead atoms. The summed E-state index contributed by atoms with van der Waals surface area (Å²) < 4.78 is 7.48. The first-order valence-corrected chi connectivity index (χ1v) is 6.93. The lowest BCUT2D eigenvalue weighted by atomic mass is 9.96. The van der Waals surface area contributed by atoms with Crippen molar-refractivity contribution in [1.82, 2.24) is 9.78 Å². The first-order valence-electron chi connectivity index (χ1n) is 6.93. The van der Waals surface area contributed by atoms with Gasteiger partial charge in [0.15, 0.2) is 0 Å². The van der Waals surface area contributed by atoms with Crippen molar-refractivity contribution in [2.75, 3.05) is 6.61 Å². The topological polar surface area (TPSA) is 47.3 Å². The van der Waals surface area contributed by atoms with Gasteiger partial charge in [0.2, 0.25) is 0 Å². The van der Waals surface area contributed by atoms with Gasteiger partial charge in [-0.25, -0.2) is 0 Å². The SMILES string of the molecule is CCC(C)n1ccc(CC(O)C2COC(C)C2)n1. The highest BCUT2D eigenvalue weighted by atomic mass is 16.5. The van der Waals surface area contributed by atoms with Crippen LogP contribution in [0.15, 0.2) is 12.3 Å². The van der Waals surface area contributed by atoms with E-state index in [-0.39, 0.29) is 18.1 Å². The molecule has 0 amide bonds. The second-order valence-corrected chi connectivity index (χ2v) is 5.46. The monoisotopic (exact) mass is 252 g/mol. The molecular weight excluding hydrogens is 228 g/mol. The second kappa shape index (κ2) is 5.85. The summed E-state index contributed by atoms with van der Waals surface area (Å²) in [4.78, 5) is 0. The van der Waals surface area contributed by atoms with Crippen LogP contribution >= 0.6 is 0 Å². The molecule has 4 heteroatoms. The molecule has 2 rings (SSSR count). The van der Waals surface area contributed by atoms with Gasteiger partial charge in [-0.1, -0.05) is 6.92 Å². The maximum Gasteiger partial charge on any atom is 0.0650 e. The maximum absolute atomic E-state index is 10.2. The van der Waals surface area contributed by atoms with Crippen molar-refractivity contribution in [2.24, 2.45) is 5.92 Å². The van der Waals surface area contributed by atoms with Gasteiger partial charge in [-0.15, -0.1) is 0 Å². The van der Waals surface area contributed by atoms with Crippen molar-refractivity contribution in [3.63, 3.8) is 0 Å². The van der Waals surface area contributed by atoms with Crippen LogP contribution in [0.2, 0.25) is 0 Å². The van der Waals surface area contributed by atoms with E-state index in [0.717, 1.165) is 18.5 Å². The minimum atomic E-state index is -0.338. The third-order valence-corrected chi connectivity index (χ3v) is 3.90. The van der Waals surface area contributed by atoms with Gasteiger partial charge in [-0.2, -0.15) is 5.10 Å². The molecule has 102 valence electrons. The summed E-state index contributed by atoms with van der Waals surface area (Å²) in [7, 11) is 0. The molecule has 1 aliphatic heterocycles. The molecular formula is C14H24N2O2. The third-order valence-electron chi connectivity index (χ3n) is 3.90. The molecule has 0 aliphatic carbocycles. The lowest BCUT2D eigenvalue weighted by Gasteiger charge is -2.15. The van der Waals surface area contributed by atoms with Crippen molar-refractivity contribution in [1.29, 1.82) is 0 Å². The maximum atomic E-state index is 10.2. The van der Waals surface area contributed by atoms with Gasteiger partial charge in [-0.3, -0.25) is 4.68 Å². The van der Waals surface area contributed by atoms with Crippen molar-refractivity contribution in [3.8, 4) is 0 Å². The van der Waals surface area contributed by atoms with E-state index < -0.39 is 0 Å².